The lowest BCUT2D eigenvalue weighted by atomic mass is 10.1. The van der Waals surface area contributed by atoms with Crippen LogP contribution >= 0.6 is 0 Å². The zero-order valence-electron chi connectivity index (χ0n) is 9.67. The second-order valence-corrected chi connectivity index (χ2v) is 3.78. The van der Waals surface area contributed by atoms with Crippen molar-refractivity contribution in [3.05, 3.63) is 35.4 Å². The quantitative estimate of drug-likeness (QED) is 0.699. The summed E-state index contributed by atoms with van der Waals surface area (Å²) in [4.78, 5) is 24.1. The number of aldehydes is 1. The molecule has 3 N–H and O–H groups in total. The fraction of sp³-hybridized carbons (Fsp3) is 0.333. The molecule has 0 spiro atoms. The number of aliphatic hydroxyl groups is 1. The molecule has 1 unspecified atom stereocenters. The molecule has 1 aromatic rings. The fourth-order valence-corrected chi connectivity index (χ4v) is 1.47. The summed E-state index contributed by atoms with van der Waals surface area (Å²) >= 11 is 0. The van der Waals surface area contributed by atoms with Crippen molar-refractivity contribution in [1.29, 1.82) is 0 Å². The lowest BCUT2D eigenvalue weighted by Gasteiger charge is -2.20. The highest BCUT2D eigenvalue weighted by molar-refractivity contribution is 6.01. The number of carbonyl (C=O) groups is 2. The number of rotatable bonds is 5. The average molecular weight is 236 g/mol. The zero-order valence-corrected chi connectivity index (χ0v) is 9.67. The molecule has 5 nitrogen and oxygen atoms in total. The minimum atomic E-state index is -0.757. The van der Waals surface area contributed by atoms with Crippen molar-refractivity contribution in [2.45, 2.75) is 6.10 Å². The SMILES string of the molecule is CN(CC(O)CN)C(=O)c1ccccc1C=O. The van der Waals surface area contributed by atoms with E-state index >= 15 is 0 Å². The first-order valence-electron chi connectivity index (χ1n) is 5.28. The summed E-state index contributed by atoms with van der Waals surface area (Å²) in [5.74, 6) is -0.305. The Hall–Kier alpha value is -1.72. The molecule has 1 atom stereocenters. The first-order valence-corrected chi connectivity index (χ1v) is 5.28. The Labute approximate surface area is 99.8 Å². The summed E-state index contributed by atoms with van der Waals surface area (Å²) in [6.45, 7) is 0.232. The predicted octanol–water partition coefficient (Wildman–Crippen LogP) is -0.109. The van der Waals surface area contributed by atoms with Crippen LogP contribution in [0.25, 0.3) is 0 Å². The second-order valence-electron chi connectivity index (χ2n) is 3.78. The zero-order chi connectivity index (χ0) is 12.8. The molecule has 0 heterocycles. The summed E-state index contributed by atoms with van der Waals surface area (Å²) in [6, 6.07) is 6.54. The molecule has 0 fully saturated rings. The molecule has 1 aromatic carbocycles. The third kappa shape index (κ3) is 3.37. The van der Waals surface area contributed by atoms with Gasteiger partial charge in [0.2, 0.25) is 0 Å². The fourth-order valence-electron chi connectivity index (χ4n) is 1.47. The minimum absolute atomic E-state index is 0.0902. The summed E-state index contributed by atoms with van der Waals surface area (Å²) in [6.07, 6.45) is -0.118. The van der Waals surface area contributed by atoms with Crippen LogP contribution < -0.4 is 5.73 Å². The molecule has 0 aliphatic carbocycles. The molecule has 0 aromatic heterocycles. The van der Waals surface area contributed by atoms with E-state index in [1.165, 1.54) is 4.90 Å². The molecule has 1 rings (SSSR count). The van der Waals surface area contributed by atoms with Crippen LogP contribution in [0.3, 0.4) is 0 Å². The summed E-state index contributed by atoms with van der Waals surface area (Å²) in [5, 5.41) is 9.36. The van der Waals surface area contributed by atoms with Crippen LogP contribution in [-0.2, 0) is 0 Å². The molecule has 0 saturated carbocycles. The number of likely N-dealkylation sites (N-methyl/N-ethyl adjacent to an activating group) is 1. The first kappa shape index (κ1) is 13.3. The van der Waals surface area contributed by atoms with Crippen molar-refractivity contribution >= 4 is 12.2 Å². The van der Waals surface area contributed by atoms with E-state index in [4.69, 9.17) is 5.73 Å². The lowest BCUT2D eigenvalue weighted by molar-refractivity contribution is 0.0690. The van der Waals surface area contributed by atoms with Crippen molar-refractivity contribution in [3.8, 4) is 0 Å². The molecule has 92 valence electrons. The van der Waals surface area contributed by atoms with Gasteiger partial charge in [0.1, 0.15) is 0 Å². The summed E-state index contributed by atoms with van der Waals surface area (Å²) < 4.78 is 0. The number of aliphatic hydroxyl groups excluding tert-OH is 1. The van der Waals surface area contributed by atoms with Crippen LogP contribution in [0.15, 0.2) is 24.3 Å². The molecule has 0 aliphatic heterocycles. The van der Waals surface area contributed by atoms with Gasteiger partial charge >= 0.3 is 0 Å². The van der Waals surface area contributed by atoms with Crippen LogP contribution in [0.4, 0.5) is 0 Å². The van der Waals surface area contributed by atoms with Gasteiger partial charge < -0.3 is 15.7 Å². The van der Waals surface area contributed by atoms with E-state index < -0.39 is 6.10 Å². The number of hydrogen-bond donors (Lipinski definition) is 2. The first-order chi connectivity index (χ1) is 8.10. The van der Waals surface area contributed by atoms with Crippen LogP contribution in [0.5, 0.6) is 0 Å². The largest absolute Gasteiger partial charge is 0.390 e. The van der Waals surface area contributed by atoms with Crippen LogP contribution in [0.2, 0.25) is 0 Å². The standard InChI is InChI=1S/C12H16N2O3/c1-14(7-10(16)6-13)12(17)11-5-3-2-4-9(11)8-15/h2-5,8,10,16H,6-7,13H2,1H3. The Bertz CT molecular complexity index is 406. The predicted molar refractivity (Wildman–Crippen MR) is 63.9 cm³/mol. The normalized spacial score (nSPS) is 11.9. The summed E-state index contributed by atoms with van der Waals surface area (Å²) in [7, 11) is 1.56. The Balaban J connectivity index is 2.85. The van der Waals surface area contributed by atoms with E-state index in [2.05, 4.69) is 0 Å². The molecule has 0 bridgehead atoms. The highest BCUT2D eigenvalue weighted by Crippen LogP contribution is 2.09. The van der Waals surface area contributed by atoms with Crippen molar-refractivity contribution in [1.82, 2.24) is 4.90 Å². The van der Waals surface area contributed by atoms with Crippen molar-refractivity contribution < 1.29 is 14.7 Å². The average Bonchev–Trinajstić information content (AvgIpc) is 2.37. The number of nitrogens with zero attached hydrogens (tertiary/aromatic N) is 1. The number of amides is 1. The molecular weight excluding hydrogens is 220 g/mol. The maximum atomic E-state index is 12.0. The van der Waals surface area contributed by atoms with Crippen molar-refractivity contribution in [2.24, 2.45) is 5.73 Å². The second kappa shape index (κ2) is 6.12. The maximum absolute atomic E-state index is 12.0. The van der Waals surface area contributed by atoms with Gasteiger partial charge in [-0.15, -0.1) is 0 Å². The highest BCUT2D eigenvalue weighted by Gasteiger charge is 2.17. The smallest absolute Gasteiger partial charge is 0.254 e. The third-order valence-electron chi connectivity index (χ3n) is 2.42. The van der Waals surface area contributed by atoms with Gasteiger partial charge in [-0.25, -0.2) is 0 Å². The topological polar surface area (TPSA) is 83.6 Å². The van der Waals surface area contributed by atoms with Gasteiger partial charge in [-0.05, 0) is 6.07 Å². The molecule has 5 heteroatoms. The van der Waals surface area contributed by atoms with Gasteiger partial charge in [-0.1, -0.05) is 18.2 Å². The van der Waals surface area contributed by atoms with Crippen molar-refractivity contribution in [2.75, 3.05) is 20.1 Å². The van der Waals surface area contributed by atoms with E-state index in [1.54, 1.807) is 31.3 Å². The number of nitrogens with two attached hydrogens (primary N) is 1. The summed E-state index contributed by atoms with van der Waals surface area (Å²) in [5.41, 5.74) is 5.94. The highest BCUT2D eigenvalue weighted by atomic mass is 16.3. The lowest BCUT2D eigenvalue weighted by Crippen LogP contribution is -2.38. The Morgan fingerprint density at radius 2 is 2.18 bits per heavy atom. The third-order valence-corrected chi connectivity index (χ3v) is 2.42. The molecular formula is C12H16N2O3. The molecule has 0 saturated heterocycles. The van der Waals surface area contributed by atoms with E-state index in [0.717, 1.165) is 0 Å². The van der Waals surface area contributed by atoms with Crippen molar-refractivity contribution in [3.63, 3.8) is 0 Å². The van der Waals surface area contributed by atoms with E-state index in [-0.39, 0.29) is 19.0 Å². The van der Waals surface area contributed by atoms with Gasteiger partial charge in [-0.3, -0.25) is 9.59 Å². The molecule has 0 radical (unpaired) electrons. The number of benzene rings is 1. The van der Waals surface area contributed by atoms with E-state index in [1.807, 2.05) is 0 Å². The van der Waals surface area contributed by atoms with Gasteiger partial charge in [-0.2, -0.15) is 0 Å². The van der Waals surface area contributed by atoms with Gasteiger partial charge in [0.25, 0.3) is 5.91 Å². The van der Waals surface area contributed by atoms with E-state index in [0.29, 0.717) is 17.4 Å². The Morgan fingerprint density at radius 3 is 2.76 bits per heavy atom. The Kier molecular flexibility index (Phi) is 4.81. The van der Waals surface area contributed by atoms with Gasteiger partial charge in [0.15, 0.2) is 6.29 Å². The monoisotopic (exact) mass is 236 g/mol. The van der Waals surface area contributed by atoms with Crippen LogP contribution in [0, 0.1) is 0 Å². The molecule has 1 amide bonds. The molecule has 17 heavy (non-hydrogen) atoms. The minimum Gasteiger partial charge on any atom is -0.390 e. The number of hydrogen-bond acceptors (Lipinski definition) is 4. The van der Waals surface area contributed by atoms with Crippen LogP contribution in [0.1, 0.15) is 20.7 Å². The Morgan fingerprint density at radius 1 is 1.53 bits per heavy atom. The maximum Gasteiger partial charge on any atom is 0.254 e. The van der Waals surface area contributed by atoms with Gasteiger partial charge in [0.05, 0.1) is 11.7 Å². The number of carbonyl (C=O) groups excluding carboxylic acids is 2. The van der Waals surface area contributed by atoms with Crippen LogP contribution in [-0.4, -0.2) is 48.4 Å². The van der Waals surface area contributed by atoms with E-state index in [9.17, 15) is 14.7 Å². The molecule has 0 aliphatic rings. The van der Waals surface area contributed by atoms with Gasteiger partial charge in [0, 0.05) is 25.7 Å².